The summed E-state index contributed by atoms with van der Waals surface area (Å²) in [6.45, 7) is 6.53. The van der Waals surface area contributed by atoms with E-state index in [9.17, 15) is 5.11 Å². The summed E-state index contributed by atoms with van der Waals surface area (Å²) < 4.78 is 0. The van der Waals surface area contributed by atoms with E-state index in [0.717, 1.165) is 36.6 Å². The largest absolute Gasteiger partial charge is 0.390 e. The van der Waals surface area contributed by atoms with Crippen LogP contribution in [0.3, 0.4) is 0 Å². The molecule has 0 spiro atoms. The molecular formula is C13H19ClN2O. The lowest BCUT2D eigenvalue weighted by Crippen LogP contribution is -2.33. The number of hydrogen-bond donors (Lipinski definition) is 1. The van der Waals surface area contributed by atoms with Gasteiger partial charge in [-0.1, -0.05) is 11.6 Å². The second-order valence-electron chi connectivity index (χ2n) is 5.34. The van der Waals surface area contributed by atoms with Gasteiger partial charge in [-0.05, 0) is 32.9 Å². The van der Waals surface area contributed by atoms with Crippen LogP contribution in [0.1, 0.15) is 25.8 Å². The van der Waals surface area contributed by atoms with Crippen LogP contribution in [0.25, 0.3) is 0 Å². The molecule has 1 N–H and O–H groups in total. The second-order valence-corrected chi connectivity index (χ2v) is 5.75. The average molecular weight is 255 g/mol. The number of aliphatic hydroxyl groups is 1. The molecule has 2 heterocycles. The highest BCUT2D eigenvalue weighted by Crippen LogP contribution is 2.28. The lowest BCUT2D eigenvalue weighted by atomic mass is 9.90. The Labute approximate surface area is 107 Å². The molecule has 0 radical (unpaired) electrons. The number of aromatic nitrogens is 1. The van der Waals surface area contributed by atoms with Crippen LogP contribution >= 0.6 is 11.6 Å². The summed E-state index contributed by atoms with van der Waals surface area (Å²) in [5.41, 5.74) is 0.471. The molecule has 1 fully saturated rings. The molecule has 0 saturated carbocycles. The van der Waals surface area contributed by atoms with Gasteiger partial charge in [0.1, 0.15) is 0 Å². The Morgan fingerprint density at radius 1 is 1.59 bits per heavy atom. The van der Waals surface area contributed by atoms with Gasteiger partial charge in [0.05, 0.1) is 5.60 Å². The third-order valence-corrected chi connectivity index (χ3v) is 3.88. The number of rotatable bonds is 3. The van der Waals surface area contributed by atoms with Crippen LogP contribution in [-0.4, -0.2) is 33.7 Å². The fourth-order valence-electron chi connectivity index (χ4n) is 2.32. The highest BCUT2D eigenvalue weighted by molar-refractivity contribution is 6.31. The van der Waals surface area contributed by atoms with Gasteiger partial charge in [0.15, 0.2) is 0 Å². The van der Waals surface area contributed by atoms with Gasteiger partial charge in [-0.25, -0.2) is 0 Å². The molecule has 0 aromatic carbocycles. The highest BCUT2D eigenvalue weighted by Gasteiger charge is 2.33. The number of hydrogen-bond acceptors (Lipinski definition) is 3. The molecule has 1 aliphatic heterocycles. The zero-order valence-corrected chi connectivity index (χ0v) is 11.1. The Kier molecular flexibility index (Phi) is 3.71. The zero-order chi connectivity index (χ0) is 12.5. The van der Waals surface area contributed by atoms with Gasteiger partial charge >= 0.3 is 0 Å². The van der Waals surface area contributed by atoms with Gasteiger partial charge < -0.3 is 5.11 Å². The van der Waals surface area contributed by atoms with Crippen molar-refractivity contribution in [2.45, 2.75) is 32.4 Å². The summed E-state index contributed by atoms with van der Waals surface area (Å²) in [7, 11) is 0. The van der Waals surface area contributed by atoms with E-state index in [1.165, 1.54) is 0 Å². The third kappa shape index (κ3) is 3.18. The van der Waals surface area contributed by atoms with E-state index in [0.29, 0.717) is 5.92 Å². The van der Waals surface area contributed by atoms with Gasteiger partial charge in [-0.3, -0.25) is 9.88 Å². The quantitative estimate of drug-likeness (QED) is 0.900. The first-order chi connectivity index (χ1) is 7.97. The minimum Gasteiger partial charge on any atom is -0.390 e. The lowest BCUT2D eigenvalue weighted by molar-refractivity contribution is 0.0208. The number of likely N-dealkylation sites (tertiary alicyclic amines) is 1. The zero-order valence-electron chi connectivity index (χ0n) is 10.4. The normalized spacial score (nSPS) is 22.0. The molecule has 1 aliphatic rings. The molecule has 2 rings (SSSR count). The van der Waals surface area contributed by atoms with Crippen LogP contribution in [0.2, 0.25) is 5.02 Å². The van der Waals surface area contributed by atoms with Crippen molar-refractivity contribution in [3.8, 4) is 0 Å². The Bertz CT molecular complexity index is 389. The fourth-order valence-corrected chi connectivity index (χ4v) is 2.49. The maximum Gasteiger partial charge on any atom is 0.0632 e. The van der Waals surface area contributed by atoms with Crippen molar-refractivity contribution in [1.82, 2.24) is 9.88 Å². The van der Waals surface area contributed by atoms with Crippen molar-refractivity contribution in [3.05, 3.63) is 29.0 Å². The summed E-state index contributed by atoms with van der Waals surface area (Å²) in [6, 6.07) is 1.82. The molecule has 3 nitrogen and oxygen atoms in total. The molecular weight excluding hydrogens is 236 g/mol. The molecule has 94 valence electrons. The summed E-state index contributed by atoms with van der Waals surface area (Å²) >= 11 is 6.11. The van der Waals surface area contributed by atoms with Crippen molar-refractivity contribution >= 4 is 11.6 Å². The number of pyridine rings is 1. The van der Waals surface area contributed by atoms with Crippen LogP contribution in [0.15, 0.2) is 18.5 Å². The van der Waals surface area contributed by atoms with Crippen LogP contribution in [-0.2, 0) is 6.54 Å². The van der Waals surface area contributed by atoms with Crippen molar-refractivity contribution in [2.75, 3.05) is 13.1 Å². The van der Waals surface area contributed by atoms with E-state index in [-0.39, 0.29) is 0 Å². The smallest absolute Gasteiger partial charge is 0.0632 e. The van der Waals surface area contributed by atoms with Gasteiger partial charge in [0.25, 0.3) is 0 Å². The summed E-state index contributed by atoms with van der Waals surface area (Å²) in [5.74, 6) is 0.345. The molecule has 1 aromatic rings. The maximum absolute atomic E-state index is 9.99. The first-order valence-corrected chi connectivity index (χ1v) is 6.38. The standard InChI is InChI=1S/C13H19ClN2O/c1-13(2,17)11-4-6-16(9-11)8-10-7-15-5-3-12(10)14/h3,5,7,11,17H,4,6,8-9H2,1-2H3. The summed E-state index contributed by atoms with van der Waals surface area (Å²) in [6.07, 6.45) is 4.57. The van der Waals surface area contributed by atoms with Crippen molar-refractivity contribution < 1.29 is 5.11 Å². The lowest BCUT2D eigenvalue weighted by Gasteiger charge is -2.25. The van der Waals surface area contributed by atoms with E-state index in [2.05, 4.69) is 9.88 Å². The first kappa shape index (κ1) is 12.8. The Morgan fingerprint density at radius 3 is 2.94 bits per heavy atom. The monoisotopic (exact) mass is 254 g/mol. The van der Waals surface area contributed by atoms with Crippen LogP contribution in [0.4, 0.5) is 0 Å². The average Bonchev–Trinajstić information content (AvgIpc) is 2.69. The SMILES string of the molecule is CC(C)(O)C1CCN(Cc2cnccc2Cl)C1. The highest BCUT2D eigenvalue weighted by atomic mass is 35.5. The summed E-state index contributed by atoms with van der Waals surface area (Å²) in [5, 5.41) is 10.8. The fraction of sp³-hybridized carbons (Fsp3) is 0.615. The van der Waals surface area contributed by atoms with Crippen LogP contribution in [0.5, 0.6) is 0 Å². The van der Waals surface area contributed by atoms with Crippen molar-refractivity contribution in [1.29, 1.82) is 0 Å². The van der Waals surface area contributed by atoms with Crippen LogP contribution in [0, 0.1) is 5.92 Å². The second kappa shape index (κ2) is 4.92. The minimum absolute atomic E-state index is 0.345. The molecule has 4 heteroatoms. The predicted molar refractivity (Wildman–Crippen MR) is 68.9 cm³/mol. The Hall–Kier alpha value is -0.640. The van der Waals surface area contributed by atoms with Crippen molar-refractivity contribution in [2.24, 2.45) is 5.92 Å². The molecule has 1 saturated heterocycles. The Morgan fingerprint density at radius 2 is 2.35 bits per heavy atom. The first-order valence-electron chi connectivity index (χ1n) is 6.00. The molecule has 1 unspecified atom stereocenters. The van der Waals surface area contributed by atoms with Crippen molar-refractivity contribution in [3.63, 3.8) is 0 Å². The van der Waals surface area contributed by atoms with Crippen LogP contribution < -0.4 is 0 Å². The van der Waals surface area contributed by atoms with E-state index >= 15 is 0 Å². The summed E-state index contributed by atoms with van der Waals surface area (Å²) in [4.78, 5) is 6.42. The van der Waals surface area contributed by atoms with E-state index in [1.807, 2.05) is 26.1 Å². The van der Waals surface area contributed by atoms with E-state index in [1.54, 1.807) is 6.20 Å². The number of nitrogens with zero attached hydrogens (tertiary/aromatic N) is 2. The molecule has 1 aromatic heterocycles. The van der Waals surface area contributed by atoms with E-state index < -0.39 is 5.60 Å². The molecule has 0 bridgehead atoms. The van der Waals surface area contributed by atoms with Gasteiger partial charge in [-0.2, -0.15) is 0 Å². The number of halogens is 1. The van der Waals surface area contributed by atoms with Gasteiger partial charge in [0, 0.05) is 42.0 Å². The Balaban J connectivity index is 1.97. The van der Waals surface area contributed by atoms with Gasteiger partial charge in [0.2, 0.25) is 0 Å². The van der Waals surface area contributed by atoms with E-state index in [4.69, 9.17) is 11.6 Å². The third-order valence-electron chi connectivity index (χ3n) is 3.51. The predicted octanol–water partition coefficient (Wildman–Crippen LogP) is 2.33. The maximum atomic E-state index is 9.99. The molecule has 0 aliphatic carbocycles. The molecule has 17 heavy (non-hydrogen) atoms. The topological polar surface area (TPSA) is 36.4 Å². The minimum atomic E-state index is -0.590. The molecule has 1 atom stereocenters. The van der Waals surface area contributed by atoms with Gasteiger partial charge in [-0.15, -0.1) is 0 Å². The molecule has 0 amide bonds.